The van der Waals surface area contributed by atoms with Crippen LogP contribution in [-0.2, 0) is 11.2 Å². The average molecular weight is 238 g/mol. The maximum absolute atomic E-state index is 11.8. The number of rotatable bonds is 4. The number of aryl methyl sites for hydroxylation is 1. The Hall–Kier alpha value is -0.670. The Labute approximate surface area is 101 Å². The maximum atomic E-state index is 11.8. The molecule has 1 aromatic heterocycles. The summed E-state index contributed by atoms with van der Waals surface area (Å²) in [6.45, 7) is 2.05. The highest BCUT2D eigenvalue weighted by Gasteiger charge is 2.24. The zero-order valence-corrected chi connectivity index (χ0v) is 10.7. The highest BCUT2D eigenvalue weighted by molar-refractivity contribution is 7.14. The van der Waals surface area contributed by atoms with E-state index in [1.54, 1.807) is 18.4 Å². The minimum absolute atomic E-state index is 0.211. The van der Waals surface area contributed by atoms with Crippen LogP contribution >= 0.6 is 11.3 Å². The quantitative estimate of drug-likeness (QED) is 0.747. The summed E-state index contributed by atoms with van der Waals surface area (Å²) in [6, 6.07) is 2.06. The number of Topliss-reactive ketones (excluding diaryl/α,β-unsaturated/α-hetero) is 1. The zero-order chi connectivity index (χ0) is 11.5. The predicted molar refractivity (Wildman–Crippen MR) is 66.2 cm³/mol. The third-order valence-corrected chi connectivity index (χ3v) is 4.35. The molecule has 0 amide bonds. The van der Waals surface area contributed by atoms with Gasteiger partial charge in [0.2, 0.25) is 0 Å². The second kappa shape index (κ2) is 5.11. The van der Waals surface area contributed by atoms with Gasteiger partial charge in [-0.05, 0) is 37.3 Å². The number of ether oxygens (including phenoxy) is 1. The van der Waals surface area contributed by atoms with Crippen molar-refractivity contribution in [1.29, 1.82) is 0 Å². The predicted octanol–water partition coefficient (Wildman–Crippen LogP) is 3.75. The van der Waals surface area contributed by atoms with Gasteiger partial charge in [-0.1, -0.05) is 6.92 Å². The highest BCUT2D eigenvalue weighted by atomic mass is 32.1. The van der Waals surface area contributed by atoms with Crippen LogP contribution < -0.4 is 0 Å². The molecule has 0 saturated heterocycles. The first kappa shape index (κ1) is 11.8. The van der Waals surface area contributed by atoms with Gasteiger partial charge in [-0.15, -0.1) is 11.3 Å². The molecule has 0 aromatic carbocycles. The van der Waals surface area contributed by atoms with Gasteiger partial charge in [0.05, 0.1) is 11.0 Å². The number of ketones is 1. The average Bonchev–Trinajstić information content (AvgIpc) is 2.72. The maximum Gasteiger partial charge on any atom is 0.172 e. The fraction of sp³-hybridized carbons (Fsp3) is 0.615. The van der Waals surface area contributed by atoms with Crippen molar-refractivity contribution in [3.63, 3.8) is 0 Å². The lowest BCUT2D eigenvalue weighted by Crippen LogP contribution is -2.08. The van der Waals surface area contributed by atoms with Crippen LogP contribution in [0.1, 0.15) is 58.8 Å². The number of carbonyl (C=O) groups excluding carboxylic acids is 1. The Balaban J connectivity index is 2.25. The lowest BCUT2D eigenvalue weighted by atomic mass is 9.95. The summed E-state index contributed by atoms with van der Waals surface area (Å²) in [5, 5.41) is 0. The van der Waals surface area contributed by atoms with Crippen LogP contribution in [0.2, 0.25) is 0 Å². The van der Waals surface area contributed by atoms with Crippen LogP contribution in [0.15, 0.2) is 6.07 Å². The third kappa shape index (κ3) is 2.20. The number of fused-ring (bicyclic) bond motifs is 1. The third-order valence-electron chi connectivity index (χ3n) is 3.10. The summed E-state index contributed by atoms with van der Waals surface area (Å²) < 4.78 is 5.47. The number of hydrogen-bond acceptors (Lipinski definition) is 3. The molecule has 1 aliphatic carbocycles. The van der Waals surface area contributed by atoms with Gasteiger partial charge >= 0.3 is 0 Å². The van der Waals surface area contributed by atoms with Gasteiger partial charge in [0.25, 0.3) is 0 Å². The number of carbonyl (C=O) groups is 1. The van der Waals surface area contributed by atoms with E-state index in [2.05, 4.69) is 6.07 Å². The van der Waals surface area contributed by atoms with Crippen LogP contribution in [0.4, 0.5) is 0 Å². The molecule has 0 saturated carbocycles. The van der Waals surface area contributed by atoms with Crippen molar-refractivity contribution in [3.05, 3.63) is 21.4 Å². The molecule has 0 fully saturated rings. The molecule has 88 valence electrons. The van der Waals surface area contributed by atoms with Gasteiger partial charge in [0.1, 0.15) is 0 Å². The first-order valence-corrected chi connectivity index (χ1v) is 6.76. The monoisotopic (exact) mass is 238 g/mol. The Morgan fingerprint density at radius 3 is 3.12 bits per heavy atom. The van der Waals surface area contributed by atoms with Crippen LogP contribution in [0.3, 0.4) is 0 Å². The van der Waals surface area contributed by atoms with E-state index >= 15 is 0 Å². The van der Waals surface area contributed by atoms with Crippen LogP contribution in [-0.4, -0.2) is 12.9 Å². The summed E-state index contributed by atoms with van der Waals surface area (Å²) in [5.41, 5.74) is 1.26. The van der Waals surface area contributed by atoms with Crippen molar-refractivity contribution in [1.82, 2.24) is 0 Å². The molecule has 0 radical (unpaired) electrons. The van der Waals surface area contributed by atoms with E-state index in [9.17, 15) is 4.79 Å². The fourth-order valence-corrected chi connectivity index (χ4v) is 3.47. The van der Waals surface area contributed by atoms with Crippen molar-refractivity contribution in [2.75, 3.05) is 7.11 Å². The van der Waals surface area contributed by atoms with Crippen LogP contribution in [0.5, 0.6) is 0 Å². The van der Waals surface area contributed by atoms with Gasteiger partial charge < -0.3 is 4.74 Å². The normalized spacial score (nSPS) is 19.5. The molecule has 3 heteroatoms. The minimum atomic E-state index is 0.211. The topological polar surface area (TPSA) is 26.3 Å². The Bertz CT molecular complexity index is 381. The van der Waals surface area contributed by atoms with Crippen molar-refractivity contribution in [2.24, 2.45) is 0 Å². The van der Waals surface area contributed by atoms with E-state index < -0.39 is 0 Å². The molecule has 1 aromatic rings. The molecular weight excluding hydrogens is 220 g/mol. The number of thiophene rings is 1. The van der Waals surface area contributed by atoms with Crippen molar-refractivity contribution >= 4 is 17.1 Å². The summed E-state index contributed by atoms with van der Waals surface area (Å²) >= 11 is 1.67. The second-order valence-electron chi connectivity index (χ2n) is 4.28. The van der Waals surface area contributed by atoms with Crippen LogP contribution in [0.25, 0.3) is 0 Å². The molecule has 2 rings (SSSR count). The number of hydrogen-bond donors (Lipinski definition) is 0. The SMILES string of the molecule is CCCC(=O)c1cc2c(s1)CCCC2OC. The van der Waals surface area contributed by atoms with Gasteiger partial charge in [-0.3, -0.25) is 4.79 Å². The van der Waals surface area contributed by atoms with E-state index in [1.165, 1.54) is 16.9 Å². The van der Waals surface area contributed by atoms with E-state index in [-0.39, 0.29) is 11.9 Å². The standard InChI is InChI=1S/C13H18O2S/c1-3-5-10(14)13-8-9-11(15-2)6-4-7-12(9)16-13/h8,11H,3-7H2,1-2H3. The minimum Gasteiger partial charge on any atom is -0.377 e. The molecule has 0 spiro atoms. The Morgan fingerprint density at radius 2 is 2.44 bits per heavy atom. The van der Waals surface area contributed by atoms with E-state index in [1.807, 2.05) is 6.92 Å². The summed E-state index contributed by atoms with van der Waals surface area (Å²) in [5.74, 6) is 0.289. The second-order valence-corrected chi connectivity index (χ2v) is 5.42. The molecule has 16 heavy (non-hydrogen) atoms. The summed E-state index contributed by atoms with van der Waals surface area (Å²) in [6.07, 6.45) is 5.17. The lowest BCUT2D eigenvalue weighted by Gasteiger charge is -2.20. The van der Waals surface area contributed by atoms with Crippen molar-refractivity contribution in [2.45, 2.75) is 45.1 Å². The molecule has 2 nitrogen and oxygen atoms in total. The molecule has 0 aliphatic heterocycles. The smallest absolute Gasteiger partial charge is 0.172 e. The molecule has 1 unspecified atom stereocenters. The highest BCUT2D eigenvalue weighted by Crippen LogP contribution is 2.37. The van der Waals surface area contributed by atoms with Gasteiger partial charge in [0, 0.05) is 18.4 Å². The largest absolute Gasteiger partial charge is 0.377 e. The molecule has 1 heterocycles. The first-order valence-electron chi connectivity index (χ1n) is 5.94. The molecule has 1 atom stereocenters. The molecular formula is C13H18O2S. The molecule has 0 N–H and O–H groups in total. The van der Waals surface area contributed by atoms with E-state index in [0.717, 1.165) is 24.1 Å². The van der Waals surface area contributed by atoms with E-state index in [4.69, 9.17) is 4.74 Å². The fourth-order valence-electron chi connectivity index (χ4n) is 2.25. The van der Waals surface area contributed by atoms with Gasteiger partial charge in [-0.2, -0.15) is 0 Å². The summed E-state index contributed by atoms with van der Waals surface area (Å²) in [7, 11) is 1.75. The first-order chi connectivity index (χ1) is 7.76. The molecule has 1 aliphatic rings. The van der Waals surface area contributed by atoms with Crippen LogP contribution in [0, 0.1) is 0 Å². The van der Waals surface area contributed by atoms with Gasteiger partial charge in [0.15, 0.2) is 5.78 Å². The zero-order valence-electron chi connectivity index (χ0n) is 9.91. The lowest BCUT2D eigenvalue weighted by molar-refractivity contribution is 0.0887. The Kier molecular flexibility index (Phi) is 3.77. The molecule has 0 bridgehead atoms. The number of methoxy groups -OCH3 is 1. The van der Waals surface area contributed by atoms with Gasteiger partial charge in [-0.25, -0.2) is 0 Å². The van der Waals surface area contributed by atoms with Crippen molar-refractivity contribution in [3.8, 4) is 0 Å². The Morgan fingerprint density at radius 1 is 1.62 bits per heavy atom. The van der Waals surface area contributed by atoms with E-state index in [0.29, 0.717) is 6.42 Å². The summed E-state index contributed by atoms with van der Waals surface area (Å²) in [4.78, 5) is 14.1. The van der Waals surface area contributed by atoms with Crippen molar-refractivity contribution < 1.29 is 9.53 Å².